The van der Waals surface area contributed by atoms with Crippen molar-refractivity contribution < 1.29 is 22.7 Å². The van der Waals surface area contributed by atoms with E-state index in [0.717, 1.165) is 12.1 Å². The molecule has 0 aliphatic heterocycles. The summed E-state index contributed by atoms with van der Waals surface area (Å²) in [5.41, 5.74) is -0.0868. The minimum Gasteiger partial charge on any atom is -0.465 e. The molecule has 0 amide bonds. The van der Waals surface area contributed by atoms with Gasteiger partial charge in [-0.2, -0.15) is 13.2 Å². The molecule has 112 valence electrons. The average Bonchev–Trinajstić information content (AvgIpc) is 2.36. The van der Waals surface area contributed by atoms with Crippen molar-refractivity contribution in [1.82, 2.24) is 5.32 Å². The fourth-order valence-corrected chi connectivity index (χ4v) is 1.77. The number of hydrogen-bond donors (Lipinski definition) is 1. The highest BCUT2D eigenvalue weighted by Crippen LogP contribution is 2.29. The van der Waals surface area contributed by atoms with Crippen molar-refractivity contribution in [2.75, 3.05) is 13.2 Å². The van der Waals surface area contributed by atoms with E-state index in [9.17, 15) is 18.0 Å². The van der Waals surface area contributed by atoms with E-state index in [1.807, 2.05) is 0 Å². The molecule has 1 aromatic rings. The van der Waals surface area contributed by atoms with Gasteiger partial charge in [-0.15, -0.1) is 0 Å². The van der Waals surface area contributed by atoms with Crippen molar-refractivity contribution in [3.05, 3.63) is 35.4 Å². The zero-order chi connectivity index (χ0) is 15.2. The third-order valence-electron chi connectivity index (χ3n) is 2.70. The average molecular weight is 289 g/mol. The second-order valence-electron chi connectivity index (χ2n) is 4.49. The molecule has 0 saturated heterocycles. The number of halogens is 3. The zero-order valence-corrected chi connectivity index (χ0v) is 11.5. The van der Waals surface area contributed by atoms with Gasteiger partial charge in [0.15, 0.2) is 0 Å². The highest BCUT2D eigenvalue weighted by Gasteiger charge is 2.30. The number of carbonyl (C=O) groups excluding carboxylic acids is 1. The minimum atomic E-state index is -4.34. The highest BCUT2D eigenvalue weighted by molar-refractivity contribution is 5.71. The molecule has 0 heterocycles. The van der Waals surface area contributed by atoms with Gasteiger partial charge in [-0.05, 0) is 31.9 Å². The van der Waals surface area contributed by atoms with E-state index >= 15 is 0 Å². The molecule has 1 unspecified atom stereocenters. The smallest absolute Gasteiger partial charge is 0.416 e. The Labute approximate surface area is 116 Å². The predicted molar refractivity (Wildman–Crippen MR) is 69.2 cm³/mol. The Morgan fingerprint density at radius 1 is 1.40 bits per heavy atom. The number of benzene rings is 1. The second kappa shape index (κ2) is 7.28. The molecule has 0 aliphatic carbocycles. The maximum atomic E-state index is 12.6. The molecule has 0 saturated carbocycles. The van der Waals surface area contributed by atoms with Crippen molar-refractivity contribution in [2.24, 2.45) is 0 Å². The standard InChI is InChI=1S/C14H18F3NO2/c1-3-20-13(19)9-18-10(2)7-11-5-4-6-12(8-11)14(15,16)17/h4-6,8,10,18H,3,7,9H2,1-2H3. The van der Waals surface area contributed by atoms with Gasteiger partial charge in [0.25, 0.3) is 0 Å². The van der Waals surface area contributed by atoms with Gasteiger partial charge in [0.05, 0.1) is 18.7 Å². The summed E-state index contributed by atoms with van der Waals surface area (Å²) in [4.78, 5) is 11.2. The Kier molecular flexibility index (Phi) is 6.01. The number of hydrogen-bond acceptors (Lipinski definition) is 3. The Morgan fingerprint density at radius 2 is 2.10 bits per heavy atom. The molecule has 0 fully saturated rings. The summed E-state index contributed by atoms with van der Waals surface area (Å²) in [5, 5.41) is 2.92. The maximum Gasteiger partial charge on any atom is 0.416 e. The van der Waals surface area contributed by atoms with E-state index in [4.69, 9.17) is 4.74 Å². The van der Waals surface area contributed by atoms with Crippen molar-refractivity contribution in [1.29, 1.82) is 0 Å². The van der Waals surface area contributed by atoms with Crippen LogP contribution in [0.1, 0.15) is 25.0 Å². The number of carbonyl (C=O) groups is 1. The van der Waals surface area contributed by atoms with Crippen LogP contribution in [-0.2, 0) is 22.1 Å². The first-order chi connectivity index (χ1) is 9.32. The van der Waals surface area contributed by atoms with Crippen LogP contribution in [0.25, 0.3) is 0 Å². The van der Waals surface area contributed by atoms with Crippen molar-refractivity contribution in [2.45, 2.75) is 32.5 Å². The lowest BCUT2D eigenvalue weighted by atomic mass is 10.0. The van der Waals surface area contributed by atoms with Crippen molar-refractivity contribution >= 4 is 5.97 Å². The van der Waals surface area contributed by atoms with Crippen LogP contribution in [-0.4, -0.2) is 25.2 Å². The molecule has 0 radical (unpaired) electrons. The van der Waals surface area contributed by atoms with Gasteiger partial charge < -0.3 is 10.1 Å². The summed E-state index contributed by atoms with van der Waals surface area (Å²) in [5.74, 6) is -0.372. The summed E-state index contributed by atoms with van der Waals surface area (Å²) >= 11 is 0. The van der Waals surface area contributed by atoms with Crippen LogP contribution in [0.4, 0.5) is 13.2 Å². The van der Waals surface area contributed by atoms with Crippen LogP contribution < -0.4 is 5.32 Å². The summed E-state index contributed by atoms with van der Waals surface area (Å²) in [6, 6.07) is 5.07. The van der Waals surface area contributed by atoms with E-state index in [2.05, 4.69) is 5.32 Å². The van der Waals surface area contributed by atoms with Gasteiger partial charge in [-0.3, -0.25) is 4.79 Å². The Hall–Kier alpha value is -1.56. The molecule has 1 aromatic carbocycles. The molecule has 1 N–H and O–H groups in total. The SMILES string of the molecule is CCOC(=O)CNC(C)Cc1cccc(C(F)(F)F)c1. The topological polar surface area (TPSA) is 38.3 Å². The van der Waals surface area contributed by atoms with Crippen LogP contribution in [0.3, 0.4) is 0 Å². The van der Waals surface area contributed by atoms with Gasteiger partial charge >= 0.3 is 12.1 Å². The normalized spacial score (nSPS) is 13.1. The summed E-state index contributed by atoms with van der Waals surface area (Å²) in [7, 11) is 0. The van der Waals surface area contributed by atoms with E-state index < -0.39 is 11.7 Å². The number of ether oxygens (including phenoxy) is 1. The lowest BCUT2D eigenvalue weighted by Gasteiger charge is -2.14. The number of esters is 1. The molecule has 6 heteroatoms. The lowest BCUT2D eigenvalue weighted by Crippen LogP contribution is -2.33. The van der Waals surface area contributed by atoms with Gasteiger partial charge in [-0.25, -0.2) is 0 Å². The molecule has 0 spiro atoms. The monoisotopic (exact) mass is 289 g/mol. The quantitative estimate of drug-likeness (QED) is 0.818. The number of alkyl halides is 3. The van der Waals surface area contributed by atoms with Gasteiger partial charge in [0.2, 0.25) is 0 Å². The first-order valence-corrected chi connectivity index (χ1v) is 6.38. The van der Waals surface area contributed by atoms with Crippen LogP contribution in [0, 0.1) is 0 Å². The first-order valence-electron chi connectivity index (χ1n) is 6.38. The zero-order valence-electron chi connectivity index (χ0n) is 11.5. The summed E-state index contributed by atoms with van der Waals surface area (Å²) < 4.78 is 42.5. The number of nitrogens with one attached hydrogen (secondary N) is 1. The van der Waals surface area contributed by atoms with Gasteiger partial charge in [-0.1, -0.05) is 18.2 Å². The van der Waals surface area contributed by atoms with E-state index in [0.29, 0.717) is 18.6 Å². The first kappa shape index (κ1) is 16.5. The molecule has 3 nitrogen and oxygen atoms in total. The number of rotatable bonds is 6. The summed E-state index contributed by atoms with van der Waals surface area (Å²) in [6.45, 7) is 3.87. The molecule has 20 heavy (non-hydrogen) atoms. The Balaban J connectivity index is 2.54. The fourth-order valence-electron chi connectivity index (χ4n) is 1.77. The van der Waals surface area contributed by atoms with Gasteiger partial charge in [0, 0.05) is 6.04 Å². The third kappa shape index (κ3) is 5.61. The molecule has 1 atom stereocenters. The molecule has 1 rings (SSSR count). The van der Waals surface area contributed by atoms with Crippen LogP contribution >= 0.6 is 0 Å². The Bertz CT molecular complexity index is 446. The highest BCUT2D eigenvalue weighted by atomic mass is 19.4. The molecular formula is C14H18F3NO2. The lowest BCUT2D eigenvalue weighted by molar-refractivity contribution is -0.142. The van der Waals surface area contributed by atoms with Crippen LogP contribution in [0.2, 0.25) is 0 Å². The summed E-state index contributed by atoms with van der Waals surface area (Å²) in [6.07, 6.45) is -3.93. The largest absolute Gasteiger partial charge is 0.465 e. The van der Waals surface area contributed by atoms with Crippen molar-refractivity contribution in [3.8, 4) is 0 Å². The molecular weight excluding hydrogens is 271 g/mol. The van der Waals surface area contributed by atoms with Crippen LogP contribution in [0.15, 0.2) is 24.3 Å². The molecule has 0 aliphatic rings. The fraction of sp³-hybridized carbons (Fsp3) is 0.500. The predicted octanol–water partition coefficient (Wildman–Crippen LogP) is 2.79. The molecule has 0 aromatic heterocycles. The van der Waals surface area contributed by atoms with E-state index in [1.165, 1.54) is 6.07 Å². The van der Waals surface area contributed by atoms with Gasteiger partial charge in [0.1, 0.15) is 0 Å². The third-order valence-corrected chi connectivity index (χ3v) is 2.70. The van der Waals surface area contributed by atoms with E-state index in [-0.39, 0.29) is 18.6 Å². The van der Waals surface area contributed by atoms with E-state index in [1.54, 1.807) is 19.9 Å². The maximum absolute atomic E-state index is 12.6. The van der Waals surface area contributed by atoms with Crippen LogP contribution in [0.5, 0.6) is 0 Å². The Morgan fingerprint density at radius 3 is 2.70 bits per heavy atom. The molecule has 0 bridgehead atoms. The second-order valence-corrected chi connectivity index (χ2v) is 4.49. The van der Waals surface area contributed by atoms with Crippen molar-refractivity contribution in [3.63, 3.8) is 0 Å². The minimum absolute atomic E-state index is 0.0496.